The average Bonchev–Trinajstić information content (AvgIpc) is 2.10. The molecule has 2 heteroatoms. The van der Waals surface area contributed by atoms with E-state index in [0.29, 0.717) is 11.7 Å². The molecular formula is C13H23NO. The lowest BCUT2D eigenvalue weighted by Gasteiger charge is -2.05. The molecule has 0 saturated heterocycles. The van der Waals surface area contributed by atoms with Crippen LogP contribution in [-0.4, -0.2) is 11.3 Å². The molecule has 0 rings (SSSR count). The van der Waals surface area contributed by atoms with Gasteiger partial charge in [0.25, 0.3) is 0 Å². The van der Waals surface area contributed by atoms with Crippen LogP contribution in [0.2, 0.25) is 0 Å². The van der Waals surface area contributed by atoms with E-state index in [2.05, 4.69) is 18.8 Å². The maximum Gasteiger partial charge on any atom is 0.0969 e. The fourth-order valence-corrected chi connectivity index (χ4v) is 0.847. The minimum absolute atomic E-state index is 0.147. The quantitative estimate of drug-likeness (QED) is 0.422. The minimum Gasteiger partial charge on any atom is -0.512 e. The van der Waals surface area contributed by atoms with Gasteiger partial charge in [0.15, 0.2) is 0 Å². The highest BCUT2D eigenvalue weighted by atomic mass is 16.3. The SMILES string of the molecule is CC(C)=C(/C=C(/O)C(C)C)N=CC(C)C. The molecule has 86 valence electrons. The lowest BCUT2D eigenvalue weighted by molar-refractivity contribution is 0.351. The summed E-state index contributed by atoms with van der Waals surface area (Å²) < 4.78 is 0. The molecule has 0 radical (unpaired) electrons. The molecule has 0 aromatic carbocycles. The Morgan fingerprint density at radius 1 is 1.13 bits per heavy atom. The highest BCUT2D eigenvalue weighted by Gasteiger charge is 2.02. The Balaban J connectivity index is 4.89. The zero-order valence-electron chi connectivity index (χ0n) is 10.7. The lowest BCUT2D eigenvalue weighted by atomic mass is 10.1. The Morgan fingerprint density at radius 2 is 1.67 bits per heavy atom. The van der Waals surface area contributed by atoms with Crippen molar-refractivity contribution in [2.45, 2.75) is 41.5 Å². The number of aliphatic imine (C=N–C) groups is 1. The lowest BCUT2D eigenvalue weighted by Crippen LogP contribution is -1.94. The highest BCUT2D eigenvalue weighted by Crippen LogP contribution is 2.13. The second-order valence-electron chi connectivity index (χ2n) is 4.63. The van der Waals surface area contributed by atoms with E-state index >= 15 is 0 Å². The second kappa shape index (κ2) is 6.44. The average molecular weight is 209 g/mol. The molecule has 15 heavy (non-hydrogen) atoms. The molecule has 0 aliphatic carbocycles. The monoisotopic (exact) mass is 209 g/mol. The third-order valence-electron chi connectivity index (χ3n) is 1.90. The van der Waals surface area contributed by atoms with Crippen LogP contribution in [0.1, 0.15) is 41.5 Å². The Hall–Kier alpha value is -1.05. The topological polar surface area (TPSA) is 32.6 Å². The van der Waals surface area contributed by atoms with Gasteiger partial charge in [0.1, 0.15) is 0 Å². The molecule has 0 aromatic rings. The number of rotatable bonds is 4. The van der Waals surface area contributed by atoms with Gasteiger partial charge >= 0.3 is 0 Å². The first kappa shape index (κ1) is 13.9. The standard InChI is InChI=1S/C13H23NO/c1-9(2)8-14-12(10(3)4)7-13(15)11(5)6/h7-9,11,15H,1-6H3/b13-7+,14-8?. The maximum atomic E-state index is 9.66. The smallest absolute Gasteiger partial charge is 0.0969 e. The maximum absolute atomic E-state index is 9.66. The molecule has 0 aliphatic rings. The van der Waals surface area contributed by atoms with Crippen molar-refractivity contribution in [3.8, 4) is 0 Å². The van der Waals surface area contributed by atoms with Gasteiger partial charge < -0.3 is 5.11 Å². The third-order valence-corrected chi connectivity index (χ3v) is 1.90. The Kier molecular flexibility index (Phi) is 5.99. The van der Waals surface area contributed by atoms with Crippen molar-refractivity contribution in [2.75, 3.05) is 0 Å². The second-order valence-corrected chi connectivity index (χ2v) is 4.63. The van der Waals surface area contributed by atoms with E-state index in [1.54, 1.807) is 6.08 Å². The summed E-state index contributed by atoms with van der Waals surface area (Å²) in [6.07, 6.45) is 3.64. The summed E-state index contributed by atoms with van der Waals surface area (Å²) >= 11 is 0. The molecule has 0 spiro atoms. The van der Waals surface area contributed by atoms with Gasteiger partial charge in [-0.25, -0.2) is 0 Å². The summed E-state index contributed by atoms with van der Waals surface area (Å²) in [6.45, 7) is 12.1. The molecule has 0 amide bonds. The van der Waals surface area contributed by atoms with Gasteiger partial charge in [0.05, 0.1) is 11.5 Å². The third kappa shape index (κ3) is 6.10. The molecule has 0 aliphatic heterocycles. The molecule has 0 atom stereocenters. The van der Waals surface area contributed by atoms with Crippen LogP contribution in [-0.2, 0) is 0 Å². The first-order chi connectivity index (χ1) is 6.84. The van der Waals surface area contributed by atoms with E-state index in [9.17, 15) is 5.11 Å². The first-order valence-electron chi connectivity index (χ1n) is 5.46. The van der Waals surface area contributed by atoms with Crippen molar-refractivity contribution in [3.05, 3.63) is 23.1 Å². The van der Waals surface area contributed by atoms with E-state index < -0.39 is 0 Å². The number of aliphatic hydroxyl groups excluding tert-OH is 1. The van der Waals surface area contributed by atoms with Crippen LogP contribution in [0, 0.1) is 11.8 Å². The number of aliphatic hydroxyl groups is 1. The van der Waals surface area contributed by atoms with E-state index in [-0.39, 0.29) is 5.92 Å². The van der Waals surface area contributed by atoms with Crippen molar-refractivity contribution < 1.29 is 5.11 Å². The summed E-state index contributed by atoms with van der Waals surface area (Å²) in [5.41, 5.74) is 1.97. The van der Waals surface area contributed by atoms with Gasteiger partial charge in [-0.3, -0.25) is 4.99 Å². The van der Waals surface area contributed by atoms with E-state index in [1.165, 1.54) is 0 Å². The van der Waals surface area contributed by atoms with E-state index in [1.807, 2.05) is 33.9 Å². The molecule has 0 unspecified atom stereocenters. The van der Waals surface area contributed by atoms with Crippen LogP contribution in [0.3, 0.4) is 0 Å². The number of nitrogens with zero attached hydrogens (tertiary/aromatic N) is 1. The zero-order chi connectivity index (χ0) is 12.0. The summed E-state index contributed by atoms with van der Waals surface area (Å²) in [6, 6.07) is 0. The molecule has 1 N–H and O–H groups in total. The molecule has 0 bridgehead atoms. The predicted octanol–water partition coefficient (Wildman–Crippen LogP) is 4.11. The number of hydrogen-bond acceptors (Lipinski definition) is 2. The van der Waals surface area contributed by atoms with Crippen molar-refractivity contribution in [1.82, 2.24) is 0 Å². The highest BCUT2D eigenvalue weighted by molar-refractivity contribution is 5.62. The van der Waals surface area contributed by atoms with Crippen LogP contribution in [0.5, 0.6) is 0 Å². The summed E-state index contributed by atoms with van der Waals surface area (Å²) in [5.74, 6) is 0.953. The molecule has 0 aromatic heterocycles. The molecule has 0 heterocycles. The van der Waals surface area contributed by atoms with Gasteiger partial charge in [-0.05, 0) is 19.8 Å². The Labute approximate surface area is 93.4 Å². The van der Waals surface area contributed by atoms with Crippen molar-refractivity contribution in [1.29, 1.82) is 0 Å². The largest absolute Gasteiger partial charge is 0.512 e. The van der Waals surface area contributed by atoms with Crippen LogP contribution in [0.25, 0.3) is 0 Å². The number of allylic oxidation sites excluding steroid dienone is 3. The fourth-order valence-electron chi connectivity index (χ4n) is 0.847. The molecule has 0 saturated carbocycles. The van der Waals surface area contributed by atoms with Gasteiger partial charge in [0, 0.05) is 18.2 Å². The molecular weight excluding hydrogens is 186 g/mol. The van der Waals surface area contributed by atoms with Gasteiger partial charge in [-0.2, -0.15) is 0 Å². The predicted molar refractivity (Wildman–Crippen MR) is 67.3 cm³/mol. The molecule has 2 nitrogen and oxygen atoms in total. The van der Waals surface area contributed by atoms with Crippen molar-refractivity contribution in [2.24, 2.45) is 16.8 Å². The van der Waals surface area contributed by atoms with Crippen molar-refractivity contribution >= 4 is 6.21 Å². The van der Waals surface area contributed by atoms with Gasteiger partial charge in [0.2, 0.25) is 0 Å². The van der Waals surface area contributed by atoms with Crippen LogP contribution in [0.15, 0.2) is 28.1 Å². The van der Waals surface area contributed by atoms with E-state index in [0.717, 1.165) is 11.3 Å². The fraction of sp³-hybridized carbons (Fsp3) is 0.615. The van der Waals surface area contributed by atoms with Crippen LogP contribution in [0.4, 0.5) is 0 Å². The Bertz CT molecular complexity index is 279. The first-order valence-corrected chi connectivity index (χ1v) is 5.46. The van der Waals surface area contributed by atoms with E-state index in [4.69, 9.17) is 0 Å². The van der Waals surface area contributed by atoms with Gasteiger partial charge in [-0.15, -0.1) is 0 Å². The van der Waals surface area contributed by atoms with Crippen LogP contribution >= 0.6 is 0 Å². The van der Waals surface area contributed by atoms with Crippen molar-refractivity contribution in [3.63, 3.8) is 0 Å². The normalized spacial score (nSPS) is 12.9. The minimum atomic E-state index is 0.147. The molecule has 0 fully saturated rings. The zero-order valence-corrected chi connectivity index (χ0v) is 10.7. The summed E-state index contributed by atoms with van der Waals surface area (Å²) in [4.78, 5) is 4.36. The summed E-state index contributed by atoms with van der Waals surface area (Å²) in [5, 5.41) is 9.66. The van der Waals surface area contributed by atoms with Gasteiger partial charge in [-0.1, -0.05) is 33.3 Å². The van der Waals surface area contributed by atoms with Crippen LogP contribution < -0.4 is 0 Å². The Morgan fingerprint density at radius 3 is 2.00 bits per heavy atom. The summed E-state index contributed by atoms with van der Waals surface area (Å²) in [7, 11) is 0. The number of hydrogen-bond donors (Lipinski definition) is 1.